The maximum atomic E-state index is 13.5. The number of hydrogen-bond acceptors (Lipinski definition) is 3. The molecule has 0 aliphatic rings. The first-order valence-electron chi connectivity index (χ1n) is 6.26. The van der Waals surface area contributed by atoms with Crippen LogP contribution in [0.15, 0.2) is 12.1 Å². The number of unbranched alkanes of at least 4 members (excludes halogenated alkanes) is 1. The van der Waals surface area contributed by atoms with Gasteiger partial charge in [0.25, 0.3) is 0 Å². The van der Waals surface area contributed by atoms with E-state index in [0.29, 0.717) is 17.7 Å². The third-order valence-corrected chi connectivity index (χ3v) is 2.94. The fourth-order valence-corrected chi connectivity index (χ4v) is 1.65. The molecule has 0 radical (unpaired) electrons. The van der Waals surface area contributed by atoms with Crippen LogP contribution in [0.3, 0.4) is 0 Å². The number of nitrogens with zero attached hydrogens (tertiary/aromatic N) is 1. The van der Waals surface area contributed by atoms with Crippen LogP contribution in [0.5, 0.6) is 0 Å². The molecule has 1 unspecified atom stereocenters. The van der Waals surface area contributed by atoms with Gasteiger partial charge in [0.2, 0.25) is 5.91 Å². The van der Waals surface area contributed by atoms with Crippen molar-refractivity contribution in [2.75, 3.05) is 5.32 Å². The largest absolute Gasteiger partial charge is 0.324 e. The van der Waals surface area contributed by atoms with E-state index in [2.05, 4.69) is 5.32 Å². The first-order valence-corrected chi connectivity index (χ1v) is 6.26. The molecule has 5 heteroatoms. The van der Waals surface area contributed by atoms with Gasteiger partial charge in [-0.3, -0.25) is 4.79 Å². The molecule has 0 fully saturated rings. The van der Waals surface area contributed by atoms with Crippen molar-refractivity contribution in [3.05, 3.63) is 29.1 Å². The summed E-state index contributed by atoms with van der Waals surface area (Å²) in [4.78, 5) is 11.8. The van der Waals surface area contributed by atoms with Crippen LogP contribution < -0.4 is 11.1 Å². The van der Waals surface area contributed by atoms with E-state index in [1.165, 1.54) is 6.07 Å². The minimum Gasteiger partial charge on any atom is -0.324 e. The van der Waals surface area contributed by atoms with E-state index < -0.39 is 11.9 Å². The van der Waals surface area contributed by atoms with Crippen LogP contribution in [0.25, 0.3) is 0 Å². The first kappa shape index (κ1) is 15.1. The minimum absolute atomic E-state index is 0.167. The van der Waals surface area contributed by atoms with Crippen molar-refractivity contribution in [1.82, 2.24) is 0 Å². The van der Waals surface area contributed by atoms with Crippen LogP contribution in [-0.2, 0) is 4.79 Å². The van der Waals surface area contributed by atoms with Gasteiger partial charge in [0, 0.05) is 11.3 Å². The lowest BCUT2D eigenvalue weighted by Gasteiger charge is -2.14. The molecule has 1 atom stereocenters. The fourth-order valence-electron chi connectivity index (χ4n) is 1.65. The Morgan fingerprint density at radius 3 is 2.84 bits per heavy atom. The molecule has 19 heavy (non-hydrogen) atoms. The lowest BCUT2D eigenvalue weighted by atomic mass is 10.1. The van der Waals surface area contributed by atoms with E-state index in [-0.39, 0.29) is 11.5 Å². The molecule has 0 aliphatic heterocycles. The molecule has 0 aromatic heterocycles. The topological polar surface area (TPSA) is 78.9 Å². The number of carbonyl (C=O) groups excluding carboxylic acids is 1. The van der Waals surface area contributed by atoms with Crippen LogP contribution in [0.1, 0.15) is 37.3 Å². The highest BCUT2D eigenvalue weighted by Crippen LogP contribution is 2.20. The minimum atomic E-state index is -0.617. The molecule has 1 rings (SSSR count). The van der Waals surface area contributed by atoms with E-state index in [1.807, 2.05) is 13.0 Å². The number of rotatable bonds is 5. The van der Waals surface area contributed by atoms with Gasteiger partial charge in [0.15, 0.2) is 0 Å². The zero-order valence-corrected chi connectivity index (χ0v) is 11.2. The number of nitrogens with one attached hydrogen (secondary N) is 1. The van der Waals surface area contributed by atoms with Crippen molar-refractivity contribution in [3.63, 3.8) is 0 Å². The highest BCUT2D eigenvalue weighted by atomic mass is 19.1. The molecule has 0 aliphatic carbocycles. The van der Waals surface area contributed by atoms with Gasteiger partial charge < -0.3 is 11.1 Å². The number of benzene rings is 1. The standard InChI is InChI=1S/C14H18FN3O/c1-3-4-5-12(17)14(19)18-13-7-10(8-16)6-11(15)9(13)2/h6-7,12H,3-5,17H2,1-2H3,(H,18,19). The summed E-state index contributed by atoms with van der Waals surface area (Å²) in [6, 6.07) is 3.82. The summed E-state index contributed by atoms with van der Waals surface area (Å²) in [7, 11) is 0. The Hall–Kier alpha value is -1.93. The lowest BCUT2D eigenvalue weighted by molar-refractivity contribution is -0.117. The predicted molar refractivity (Wildman–Crippen MR) is 72.0 cm³/mol. The van der Waals surface area contributed by atoms with Gasteiger partial charge in [-0.25, -0.2) is 4.39 Å². The molecule has 0 heterocycles. The second kappa shape index (κ2) is 6.86. The van der Waals surface area contributed by atoms with Crippen LogP contribution in [0, 0.1) is 24.1 Å². The smallest absolute Gasteiger partial charge is 0.241 e. The number of nitriles is 1. The molecular weight excluding hydrogens is 245 g/mol. The fraction of sp³-hybridized carbons (Fsp3) is 0.429. The number of nitrogens with two attached hydrogens (primary N) is 1. The van der Waals surface area contributed by atoms with Gasteiger partial charge in [-0.1, -0.05) is 19.8 Å². The van der Waals surface area contributed by atoms with Crippen molar-refractivity contribution in [2.24, 2.45) is 5.73 Å². The summed E-state index contributed by atoms with van der Waals surface area (Å²) < 4.78 is 13.5. The van der Waals surface area contributed by atoms with Crippen molar-refractivity contribution in [2.45, 2.75) is 39.2 Å². The van der Waals surface area contributed by atoms with Gasteiger partial charge in [-0.05, 0) is 25.5 Å². The van der Waals surface area contributed by atoms with E-state index in [4.69, 9.17) is 11.0 Å². The van der Waals surface area contributed by atoms with Crippen LogP contribution in [-0.4, -0.2) is 11.9 Å². The highest BCUT2D eigenvalue weighted by Gasteiger charge is 2.15. The third-order valence-electron chi connectivity index (χ3n) is 2.94. The third kappa shape index (κ3) is 4.04. The molecule has 0 bridgehead atoms. The molecule has 0 spiro atoms. The van der Waals surface area contributed by atoms with Crippen LogP contribution in [0.2, 0.25) is 0 Å². The molecule has 0 saturated carbocycles. The Bertz CT molecular complexity index is 508. The average Bonchev–Trinajstić information content (AvgIpc) is 2.40. The Kier molecular flexibility index (Phi) is 5.46. The van der Waals surface area contributed by atoms with Gasteiger partial charge in [-0.15, -0.1) is 0 Å². The van der Waals surface area contributed by atoms with E-state index >= 15 is 0 Å². The SMILES string of the molecule is CCCCC(N)C(=O)Nc1cc(C#N)cc(F)c1C. The summed E-state index contributed by atoms with van der Waals surface area (Å²) in [6.07, 6.45) is 2.40. The van der Waals surface area contributed by atoms with Gasteiger partial charge >= 0.3 is 0 Å². The molecule has 3 N–H and O–H groups in total. The molecule has 0 saturated heterocycles. The van der Waals surface area contributed by atoms with Gasteiger partial charge in [-0.2, -0.15) is 5.26 Å². The average molecular weight is 263 g/mol. The van der Waals surface area contributed by atoms with Crippen molar-refractivity contribution in [1.29, 1.82) is 5.26 Å². The summed E-state index contributed by atoms with van der Waals surface area (Å²) in [5, 5.41) is 11.4. The van der Waals surface area contributed by atoms with Gasteiger partial charge in [0.1, 0.15) is 5.82 Å². The van der Waals surface area contributed by atoms with Crippen LogP contribution >= 0.6 is 0 Å². The second-order valence-electron chi connectivity index (χ2n) is 4.48. The summed E-state index contributed by atoms with van der Waals surface area (Å²) in [6.45, 7) is 3.56. The maximum Gasteiger partial charge on any atom is 0.241 e. The predicted octanol–water partition coefficient (Wildman–Crippen LogP) is 2.46. The molecule has 1 aromatic carbocycles. The Labute approximate surface area is 112 Å². The Morgan fingerprint density at radius 1 is 1.58 bits per heavy atom. The molecule has 4 nitrogen and oxygen atoms in total. The quantitative estimate of drug-likeness (QED) is 0.856. The van der Waals surface area contributed by atoms with E-state index in [0.717, 1.165) is 18.9 Å². The molecular formula is C14H18FN3O. The number of anilines is 1. The number of hydrogen-bond donors (Lipinski definition) is 2. The summed E-state index contributed by atoms with van der Waals surface area (Å²) in [5.41, 5.74) is 6.51. The summed E-state index contributed by atoms with van der Waals surface area (Å²) in [5.74, 6) is -0.873. The van der Waals surface area contributed by atoms with E-state index in [9.17, 15) is 9.18 Å². The monoisotopic (exact) mass is 263 g/mol. The number of amides is 1. The Balaban J connectivity index is 2.85. The zero-order valence-electron chi connectivity index (χ0n) is 11.2. The van der Waals surface area contributed by atoms with Crippen LogP contribution in [0.4, 0.5) is 10.1 Å². The van der Waals surface area contributed by atoms with E-state index in [1.54, 1.807) is 6.92 Å². The number of halogens is 1. The second-order valence-corrected chi connectivity index (χ2v) is 4.48. The number of carbonyl (C=O) groups is 1. The highest BCUT2D eigenvalue weighted by molar-refractivity contribution is 5.95. The van der Waals surface area contributed by atoms with Crippen molar-refractivity contribution in [3.8, 4) is 6.07 Å². The molecule has 1 aromatic rings. The van der Waals surface area contributed by atoms with Crippen molar-refractivity contribution < 1.29 is 9.18 Å². The molecule has 102 valence electrons. The maximum absolute atomic E-state index is 13.5. The van der Waals surface area contributed by atoms with Gasteiger partial charge in [0.05, 0.1) is 17.7 Å². The van der Waals surface area contributed by atoms with Crippen molar-refractivity contribution >= 4 is 11.6 Å². The normalized spacial score (nSPS) is 11.7. The molecule has 1 amide bonds. The summed E-state index contributed by atoms with van der Waals surface area (Å²) >= 11 is 0. The zero-order chi connectivity index (χ0) is 14.4. The lowest BCUT2D eigenvalue weighted by Crippen LogP contribution is -2.35. The Morgan fingerprint density at radius 2 is 2.26 bits per heavy atom. The first-order chi connectivity index (χ1) is 8.99.